The maximum atomic E-state index is 11.9. The molecular weight excluding hydrogens is 372 g/mol. The van der Waals surface area contributed by atoms with Gasteiger partial charge >= 0.3 is 0 Å². The third-order valence-electron chi connectivity index (χ3n) is 4.54. The van der Waals surface area contributed by atoms with Crippen LogP contribution in [0.1, 0.15) is 35.2 Å². The second kappa shape index (κ2) is 9.54. The van der Waals surface area contributed by atoms with E-state index in [4.69, 9.17) is 16.3 Å². The van der Waals surface area contributed by atoms with E-state index >= 15 is 0 Å². The minimum Gasteiger partial charge on any atom is -0.384 e. The van der Waals surface area contributed by atoms with Crippen LogP contribution in [-0.2, 0) is 9.63 Å². The van der Waals surface area contributed by atoms with E-state index in [0.29, 0.717) is 16.8 Å². The Hall–Kier alpha value is -3.62. The second-order valence-electron chi connectivity index (χ2n) is 6.69. The first-order chi connectivity index (χ1) is 14.0. The van der Waals surface area contributed by atoms with Crippen molar-refractivity contribution in [2.75, 3.05) is 29.9 Å². The lowest BCUT2D eigenvalue weighted by Gasteiger charge is -2.27. The van der Waals surface area contributed by atoms with Gasteiger partial charge in [0.2, 0.25) is 5.91 Å². The van der Waals surface area contributed by atoms with Gasteiger partial charge in [-0.1, -0.05) is 5.16 Å². The molecular formula is C20H24N6O3. The number of nitrogens with one attached hydrogen (secondary N) is 1. The van der Waals surface area contributed by atoms with E-state index in [2.05, 4.69) is 20.4 Å². The summed E-state index contributed by atoms with van der Waals surface area (Å²) in [6, 6.07) is 9.94. The molecule has 0 spiro atoms. The smallest absolute Gasteiger partial charge is 0.265 e. The average molecular weight is 396 g/mol. The molecule has 5 N–H and O–H groups in total. The van der Waals surface area contributed by atoms with Crippen molar-refractivity contribution in [3.05, 3.63) is 53.7 Å². The topological polar surface area (TPSA) is 136 Å². The number of aromatic nitrogens is 1. The van der Waals surface area contributed by atoms with E-state index in [-0.39, 0.29) is 12.4 Å². The van der Waals surface area contributed by atoms with Crippen molar-refractivity contribution in [2.45, 2.75) is 19.3 Å². The largest absolute Gasteiger partial charge is 0.384 e. The predicted octanol–water partition coefficient (Wildman–Crippen LogP) is 1.45. The minimum atomic E-state index is -0.533. The molecule has 0 aliphatic carbocycles. The highest BCUT2D eigenvalue weighted by atomic mass is 16.6. The van der Waals surface area contributed by atoms with Gasteiger partial charge in [-0.25, -0.2) is 4.98 Å². The van der Waals surface area contributed by atoms with Gasteiger partial charge in [0, 0.05) is 36.1 Å². The van der Waals surface area contributed by atoms with Gasteiger partial charge in [-0.2, -0.15) is 0 Å². The van der Waals surface area contributed by atoms with Crippen molar-refractivity contribution >= 4 is 29.2 Å². The number of amidine groups is 1. The molecule has 1 aliphatic rings. The third kappa shape index (κ3) is 5.68. The van der Waals surface area contributed by atoms with Gasteiger partial charge in [0.1, 0.15) is 5.82 Å². The fourth-order valence-electron chi connectivity index (χ4n) is 2.98. The van der Waals surface area contributed by atoms with E-state index < -0.39 is 11.8 Å². The Labute approximate surface area is 168 Å². The Morgan fingerprint density at radius 3 is 2.34 bits per heavy atom. The number of rotatable bonds is 7. The first-order valence-electron chi connectivity index (χ1n) is 9.39. The monoisotopic (exact) mass is 396 g/mol. The Kier molecular flexibility index (Phi) is 6.62. The molecule has 0 radical (unpaired) electrons. The molecule has 2 amide bonds. The highest BCUT2D eigenvalue weighted by Crippen LogP contribution is 2.17. The molecule has 29 heavy (non-hydrogen) atoms. The van der Waals surface area contributed by atoms with Crippen LogP contribution < -0.4 is 21.7 Å². The second-order valence-corrected chi connectivity index (χ2v) is 6.69. The fourth-order valence-corrected chi connectivity index (χ4v) is 2.98. The lowest BCUT2D eigenvalue weighted by molar-refractivity contribution is -0.120. The molecule has 2 heterocycles. The van der Waals surface area contributed by atoms with Crippen LogP contribution in [0.3, 0.4) is 0 Å². The third-order valence-corrected chi connectivity index (χ3v) is 4.54. The number of oxime groups is 1. The standard InChI is InChI=1S/C20H24N6O3/c21-19(15-6-9-17(23-12-15)26-10-2-1-3-11-26)25-29-13-18(27)24-16-7-4-14(5-8-16)20(22)28/h4-9,12H,1-3,10-11,13H2,(H2,21,25)(H2,22,28)(H,24,27). The lowest BCUT2D eigenvalue weighted by Crippen LogP contribution is -2.30. The lowest BCUT2D eigenvalue weighted by atomic mass is 10.1. The molecule has 1 saturated heterocycles. The van der Waals surface area contributed by atoms with Gasteiger partial charge in [0.05, 0.1) is 0 Å². The molecule has 0 bridgehead atoms. The number of hydrogen-bond acceptors (Lipinski definition) is 6. The maximum absolute atomic E-state index is 11.9. The quantitative estimate of drug-likeness (QED) is 0.368. The normalized spacial score (nSPS) is 14.3. The summed E-state index contributed by atoms with van der Waals surface area (Å²) in [6.45, 7) is 1.72. The summed E-state index contributed by atoms with van der Waals surface area (Å²) in [5.74, 6) is 0.117. The van der Waals surface area contributed by atoms with Crippen LogP contribution in [0.15, 0.2) is 47.8 Å². The number of hydrogen-bond donors (Lipinski definition) is 3. The Morgan fingerprint density at radius 2 is 1.72 bits per heavy atom. The number of piperidine rings is 1. The van der Waals surface area contributed by atoms with E-state index in [0.717, 1.165) is 18.9 Å². The van der Waals surface area contributed by atoms with E-state index in [9.17, 15) is 9.59 Å². The number of benzene rings is 1. The van der Waals surface area contributed by atoms with Crippen molar-refractivity contribution in [3.63, 3.8) is 0 Å². The van der Waals surface area contributed by atoms with Gasteiger partial charge < -0.3 is 26.5 Å². The van der Waals surface area contributed by atoms with Crippen molar-refractivity contribution < 1.29 is 14.4 Å². The van der Waals surface area contributed by atoms with Crippen LogP contribution in [-0.4, -0.2) is 42.3 Å². The van der Waals surface area contributed by atoms with Crippen LogP contribution in [0.25, 0.3) is 0 Å². The van der Waals surface area contributed by atoms with Crippen molar-refractivity contribution in [1.82, 2.24) is 4.98 Å². The predicted molar refractivity (Wildman–Crippen MR) is 111 cm³/mol. The summed E-state index contributed by atoms with van der Waals surface area (Å²) in [4.78, 5) is 34.7. The van der Waals surface area contributed by atoms with E-state index in [1.54, 1.807) is 18.3 Å². The zero-order chi connectivity index (χ0) is 20.6. The molecule has 3 rings (SSSR count). The van der Waals surface area contributed by atoms with Gasteiger partial charge in [0.15, 0.2) is 12.4 Å². The molecule has 0 atom stereocenters. The number of anilines is 2. The number of carbonyl (C=O) groups is 2. The maximum Gasteiger partial charge on any atom is 0.265 e. The zero-order valence-corrected chi connectivity index (χ0v) is 16.0. The SMILES string of the molecule is NC(=O)c1ccc(NC(=O)CO/N=C(\N)c2ccc(N3CCCCC3)nc2)cc1. The first-order valence-corrected chi connectivity index (χ1v) is 9.39. The summed E-state index contributed by atoms with van der Waals surface area (Å²) in [6.07, 6.45) is 5.26. The summed E-state index contributed by atoms with van der Waals surface area (Å²) < 4.78 is 0. The van der Waals surface area contributed by atoms with Gasteiger partial charge in [-0.05, 0) is 55.7 Å². The molecule has 1 fully saturated rings. The molecule has 9 nitrogen and oxygen atoms in total. The van der Waals surface area contributed by atoms with Crippen LogP contribution >= 0.6 is 0 Å². The zero-order valence-electron chi connectivity index (χ0n) is 16.0. The molecule has 0 saturated carbocycles. The van der Waals surface area contributed by atoms with Crippen molar-refractivity contribution in [3.8, 4) is 0 Å². The highest BCUT2D eigenvalue weighted by molar-refractivity contribution is 5.97. The van der Waals surface area contributed by atoms with E-state index in [1.807, 2.05) is 12.1 Å². The molecule has 1 aliphatic heterocycles. The minimum absolute atomic E-state index is 0.140. The van der Waals surface area contributed by atoms with Crippen LogP contribution in [0, 0.1) is 0 Å². The number of pyridine rings is 1. The van der Waals surface area contributed by atoms with E-state index in [1.165, 1.54) is 31.4 Å². The summed E-state index contributed by atoms with van der Waals surface area (Å²) in [5, 5.41) is 6.40. The van der Waals surface area contributed by atoms with Crippen LogP contribution in [0.2, 0.25) is 0 Å². The van der Waals surface area contributed by atoms with Crippen LogP contribution in [0.4, 0.5) is 11.5 Å². The molecule has 0 unspecified atom stereocenters. The first kappa shape index (κ1) is 20.1. The Morgan fingerprint density at radius 1 is 1.03 bits per heavy atom. The molecule has 1 aromatic carbocycles. The number of nitrogens with zero attached hydrogens (tertiary/aromatic N) is 3. The number of carbonyl (C=O) groups excluding carboxylic acids is 2. The number of nitrogens with two attached hydrogens (primary N) is 2. The molecule has 1 aromatic heterocycles. The van der Waals surface area contributed by atoms with Gasteiger partial charge in [0.25, 0.3) is 5.91 Å². The number of amides is 2. The fraction of sp³-hybridized carbons (Fsp3) is 0.300. The molecule has 2 aromatic rings. The van der Waals surface area contributed by atoms with Gasteiger partial charge in [-0.3, -0.25) is 9.59 Å². The van der Waals surface area contributed by atoms with Gasteiger partial charge in [-0.15, -0.1) is 0 Å². The average Bonchev–Trinajstić information content (AvgIpc) is 2.75. The van der Waals surface area contributed by atoms with Crippen molar-refractivity contribution in [1.29, 1.82) is 0 Å². The Bertz CT molecular complexity index is 874. The molecule has 9 heteroatoms. The van der Waals surface area contributed by atoms with Crippen molar-refractivity contribution in [2.24, 2.45) is 16.6 Å². The summed E-state index contributed by atoms with van der Waals surface area (Å²) in [7, 11) is 0. The molecule has 152 valence electrons. The highest BCUT2D eigenvalue weighted by Gasteiger charge is 2.12. The number of primary amides is 1. The summed E-state index contributed by atoms with van der Waals surface area (Å²) in [5.41, 5.74) is 12.6. The Balaban J connectivity index is 1.48. The summed E-state index contributed by atoms with van der Waals surface area (Å²) >= 11 is 0. The van der Waals surface area contributed by atoms with Crippen LogP contribution in [0.5, 0.6) is 0 Å².